The fourth-order valence-electron chi connectivity index (χ4n) is 1.67. The second-order valence-corrected chi connectivity index (χ2v) is 6.63. The zero-order chi connectivity index (χ0) is 15.4. The van der Waals surface area contributed by atoms with Crippen molar-refractivity contribution in [1.82, 2.24) is 15.4 Å². The molecule has 0 atom stereocenters. The van der Waals surface area contributed by atoms with Crippen LogP contribution in [0.25, 0.3) is 0 Å². The van der Waals surface area contributed by atoms with Crippen LogP contribution in [0.3, 0.4) is 0 Å². The summed E-state index contributed by atoms with van der Waals surface area (Å²) in [5.74, 6) is 0.590. The van der Waals surface area contributed by atoms with Crippen LogP contribution in [-0.4, -0.2) is 21.3 Å². The Kier molecular flexibility index (Phi) is 4.50. The summed E-state index contributed by atoms with van der Waals surface area (Å²) in [6.45, 7) is 1.75. The van der Waals surface area contributed by atoms with E-state index in [1.165, 1.54) is 16.9 Å². The Balaban J connectivity index is 1.58. The molecule has 0 spiro atoms. The number of hydrogen-bond donors (Lipinski definition) is 1. The van der Waals surface area contributed by atoms with Gasteiger partial charge in [-0.05, 0) is 12.5 Å². The quantitative estimate of drug-likeness (QED) is 0.570. The molecule has 1 N–H and O–H groups in total. The lowest BCUT2D eigenvalue weighted by atomic mass is 10.2. The van der Waals surface area contributed by atoms with Crippen LogP contribution in [0, 0.1) is 6.92 Å². The number of benzene rings is 1. The molecule has 0 saturated carbocycles. The van der Waals surface area contributed by atoms with E-state index in [0.717, 1.165) is 10.1 Å². The number of anilines is 1. The van der Waals surface area contributed by atoms with Gasteiger partial charge in [0.1, 0.15) is 0 Å². The summed E-state index contributed by atoms with van der Waals surface area (Å²) in [4.78, 5) is 11.9. The number of carbonyl (C=O) groups is 1. The molecule has 6 nitrogen and oxygen atoms in total. The van der Waals surface area contributed by atoms with E-state index < -0.39 is 0 Å². The molecule has 0 saturated heterocycles. The third kappa shape index (κ3) is 3.71. The summed E-state index contributed by atoms with van der Waals surface area (Å²) in [6, 6.07) is 11.7. The lowest BCUT2D eigenvalue weighted by Gasteiger charge is -1.97. The minimum atomic E-state index is -0.378. The lowest BCUT2D eigenvalue weighted by Crippen LogP contribution is -2.10. The molecule has 0 aliphatic heterocycles. The molecule has 1 aromatic carbocycles. The van der Waals surface area contributed by atoms with Gasteiger partial charge in [-0.25, -0.2) is 0 Å². The molecule has 0 fully saturated rings. The first-order valence-corrected chi connectivity index (χ1v) is 8.26. The molecule has 8 heteroatoms. The first kappa shape index (κ1) is 14.7. The number of nitrogens with zero attached hydrogens (tertiary/aromatic N) is 3. The van der Waals surface area contributed by atoms with Crippen LogP contribution >= 0.6 is 23.1 Å². The molecule has 112 valence electrons. The van der Waals surface area contributed by atoms with E-state index in [4.69, 9.17) is 4.52 Å². The highest BCUT2D eigenvalue weighted by molar-refractivity contribution is 8.00. The van der Waals surface area contributed by atoms with Crippen molar-refractivity contribution in [3.05, 3.63) is 53.4 Å². The minimum Gasteiger partial charge on any atom is -0.351 e. The van der Waals surface area contributed by atoms with Gasteiger partial charge in [-0.2, -0.15) is 0 Å². The maximum absolute atomic E-state index is 11.9. The number of nitrogens with one attached hydrogen (secondary N) is 1. The summed E-state index contributed by atoms with van der Waals surface area (Å²) in [6.07, 6.45) is 0. The van der Waals surface area contributed by atoms with Gasteiger partial charge in [-0.3, -0.25) is 10.1 Å². The van der Waals surface area contributed by atoms with Crippen LogP contribution < -0.4 is 5.32 Å². The van der Waals surface area contributed by atoms with Gasteiger partial charge < -0.3 is 4.52 Å². The van der Waals surface area contributed by atoms with Crippen molar-refractivity contribution < 1.29 is 9.32 Å². The second kappa shape index (κ2) is 6.71. The molecular formula is C14H12N4O2S2. The molecule has 2 heterocycles. The molecule has 3 aromatic rings. The molecule has 0 aliphatic carbocycles. The van der Waals surface area contributed by atoms with Gasteiger partial charge >= 0.3 is 0 Å². The number of amides is 1. The third-order valence-electron chi connectivity index (χ3n) is 2.68. The van der Waals surface area contributed by atoms with E-state index in [0.29, 0.717) is 10.8 Å². The molecule has 2 aromatic heterocycles. The monoisotopic (exact) mass is 332 g/mol. The van der Waals surface area contributed by atoms with E-state index in [1.54, 1.807) is 24.8 Å². The molecule has 0 radical (unpaired) electrons. The summed E-state index contributed by atoms with van der Waals surface area (Å²) in [7, 11) is 0. The Morgan fingerprint density at radius 3 is 2.86 bits per heavy atom. The normalized spacial score (nSPS) is 10.6. The SMILES string of the molecule is Cc1cc(C(=O)Nc2nnc(SCc3ccccc3)s2)on1. The van der Waals surface area contributed by atoms with E-state index in [-0.39, 0.29) is 11.7 Å². The molecule has 0 aliphatic rings. The van der Waals surface area contributed by atoms with Crippen LogP contribution in [-0.2, 0) is 5.75 Å². The van der Waals surface area contributed by atoms with Gasteiger partial charge in [0.15, 0.2) is 4.34 Å². The van der Waals surface area contributed by atoms with Gasteiger partial charge in [-0.15, -0.1) is 10.2 Å². The van der Waals surface area contributed by atoms with Crippen LogP contribution in [0.2, 0.25) is 0 Å². The zero-order valence-electron chi connectivity index (χ0n) is 11.6. The van der Waals surface area contributed by atoms with Gasteiger partial charge in [0.05, 0.1) is 5.69 Å². The van der Waals surface area contributed by atoms with E-state index in [2.05, 4.69) is 32.8 Å². The van der Waals surface area contributed by atoms with Crippen molar-refractivity contribution in [3.8, 4) is 0 Å². The first-order valence-electron chi connectivity index (χ1n) is 6.45. The smallest absolute Gasteiger partial charge is 0.296 e. The van der Waals surface area contributed by atoms with Gasteiger partial charge in [-0.1, -0.05) is 58.6 Å². The van der Waals surface area contributed by atoms with Crippen LogP contribution in [0.5, 0.6) is 0 Å². The molecule has 0 bridgehead atoms. The summed E-state index contributed by atoms with van der Waals surface area (Å²) < 4.78 is 5.70. The molecule has 1 amide bonds. The van der Waals surface area contributed by atoms with Crippen molar-refractivity contribution in [2.75, 3.05) is 5.32 Å². The average Bonchev–Trinajstić information content (AvgIpc) is 3.15. The van der Waals surface area contributed by atoms with Crippen molar-refractivity contribution in [2.24, 2.45) is 0 Å². The molecule has 22 heavy (non-hydrogen) atoms. The lowest BCUT2D eigenvalue weighted by molar-refractivity contribution is 0.0988. The highest BCUT2D eigenvalue weighted by atomic mass is 32.2. The van der Waals surface area contributed by atoms with Gasteiger partial charge in [0.2, 0.25) is 10.9 Å². The number of hydrogen-bond acceptors (Lipinski definition) is 7. The van der Waals surface area contributed by atoms with Crippen LogP contribution in [0.15, 0.2) is 45.3 Å². The Bertz CT molecular complexity index is 770. The Morgan fingerprint density at radius 1 is 1.32 bits per heavy atom. The Morgan fingerprint density at radius 2 is 2.14 bits per heavy atom. The maximum Gasteiger partial charge on any atom is 0.296 e. The topological polar surface area (TPSA) is 80.9 Å². The van der Waals surface area contributed by atoms with E-state index in [9.17, 15) is 4.79 Å². The summed E-state index contributed by atoms with van der Waals surface area (Å²) in [5, 5.41) is 14.8. The van der Waals surface area contributed by atoms with Crippen molar-refractivity contribution in [3.63, 3.8) is 0 Å². The third-order valence-corrected chi connectivity index (χ3v) is 4.73. The summed E-state index contributed by atoms with van der Waals surface area (Å²) in [5.41, 5.74) is 1.87. The van der Waals surface area contributed by atoms with Gasteiger partial charge in [0, 0.05) is 11.8 Å². The fourth-order valence-corrected chi connectivity index (χ4v) is 3.37. The second-order valence-electron chi connectivity index (χ2n) is 4.43. The average molecular weight is 332 g/mol. The van der Waals surface area contributed by atoms with Crippen LogP contribution in [0.4, 0.5) is 5.13 Å². The van der Waals surface area contributed by atoms with E-state index >= 15 is 0 Å². The fraction of sp³-hybridized carbons (Fsp3) is 0.143. The molecule has 3 rings (SSSR count). The van der Waals surface area contributed by atoms with Crippen molar-refractivity contribution >= 4 is 34.1 Å². The Hall–Kier alpha value is -2.19. The number of carbonyl (C=O) groups excluding carboxylic acids is 1. The zero-order valence-corrected chi connectivity index (χ0v) is 13.3. The van der Waals surface area contributed by atoms with E-state index in [1.807, 2.05) is 18.2 Å². The molecule has 0 unspecified atom stereocenters. The van der Waals surface area contributed by atoms with Crippen LogP contribution in [0.1, 0.15) is 21.8 Å². The highest BCUT2D eigenvalue weighted by Gasteiger charge is 2.14. The Labute approximate surface area is 134 Å². The number of rotatable bonds is 5. The maximum atomic E-state index is 11.9. The first-order chi connectivity index (χ1) is 10.7. The number of aromatic nitrogens is 3. The number of thioether (sulfide) groups is 1. The van der Waals surface area contributed by atoms with Crippen molar-refractivity contribution in [2.45, 2.75) is 17.0 Å². The standard InChI is InChI=1S/C14H12N4O2S2/c1-9-7-11(20-18-9)12(19)15-13-16-17-14(22-13)21-8-10-5-3-2-4-6-10/h2-7H,8H2,1H3,(H,15,16,19). The summed E-state index contributed by atoms with van der Waals surface area (Å²) >= 11 is 2.91. The minimum absolute atomic E-state index is 0.159. The molecular weight excluding hydrogens is 320 g/mol. The largest absolute Gasteiger partial charge is 0.351 e. The van der Waals surface area contributed by atoms with Gasteiger partial charge in [0.25, 0.3) is 5.91 Å². The predicted molar refractivity (Wildman–Crippen MR) is 85.1 cm³/mol. The predicted octanol–water partition coefficient (Wildman–Crippen LogP) is 3.38. The highest BCUT2D eigenvalue weighted by Crippen LogP contribution is 2.28. The number of aryl methyl sites for hydroxylation is 1. The van der Waals surface area contributed by atoms with Crippen molar-refractivity contribution in [1.29, 1.82) is 0 Å².